The van der Waals surface area contributed by atoms with E-state index in [0.29, 0.717) is 0 Å². The highest BCUT2D eigenvalue weighted by Gasteiger charge is 2.16. The largest absolute Gasteiger partial charge is 0.332 e. The Morgan fingerprint density at radius 2 is 2.00 bits per heavy atom. The molecule has 0 aromatic carbocycles. The zero-order chi connectivity index (χ0) is 7.49. The second-order valence-electron chi connectivity index (χ2n) is 1.57. The van der Waals surface area contributed by atoms with Gasteiger partial charge in [0.25, 0.3) is 0 Å². The molecule has 0 atom stereocenters. The van der Waals surface area contributed by atoms with Crippen molar-refractivity contribution in [2.45, 2.75) is 0 Å². The first-order chi connectivity index (χ1) is 3.95. The summed E-state index contributed by atoms with van der Waals surface area (Å²) in [6.07, 6.45) is -0.747. The van der Waals surface area contributed by atoms with Crippen LogP contribution in [0.4, 0.5) is 0 Å². The van der Waals surface area contributed by atoms with Crippen molar-refractivity contribution in [1.29, 1.82) is 0 Å². The van der Waals surface area contributed by atoms with Crippen LogP contribution in [-0.4, -0.2) is 28.3 Å². The van der Waals surface area contributed by atoms with E-state index in [-0.39, 0.29) is 6.54 Å². The van der Waals surface area contributed by atoms with Crippen molar-refractivity contribution in [3.05, 3.63) is 0 Å². The van der Waals surface area contributed by atoms with Gasteiger partial charge in [0.1, 0.15) is 6.16 Å². The molecule has 0 fully saturated rings. The Kier molecular flexibility index (Phi) is 3.00. The Balaban J connectivity index is 3.75. The molecule has 0 saturated carbocycles. The summed E-state index contributed by atoms with van der Waals surface area (Å²) < 4.78 is 10.0. The molecule has 0 aliphatic rings. The van der Waals surface area contributed by atoms with Crippen LogP contribution in [0.25, 0.3) is 0 Å². The van der Waals surface area contributed by atoms with E-state index in [1.54, 1.807) is 0 Å². The van der Waals surface area contributed by atoms with Gasteiger partial charge in [-0.05, 0) is 0 Å². The lowest BCUT2D eigenvalue weighted by Crippen LogP contribution is -2.17. The third kappa shape index (κ3) is 5.65. The van der Waals surface area contributed by atoms with E-state index in [4.69, 9.17) is 15.5 Å². The minimum Gasteiger partial charge on any atom is -0.324 e. The predicted octanol–water partition coefficient (Wildman–Crippen LogP) is -1.31. The average Bonchev–Trinajstić information content (AvgIpc) is 1.62. The van der Waals surface area contributed by atoms with Gasteiger partial charge in [-0.15, -0.1) is 0 Å². The van der Waals surface area contributed by atoms with Gasteiger partial charge < -0.3 is 15.5 Å². The van der Waals surface area contributed by atoms with Crippen molar-refractivity contribution in [3.8, 4) is 0 Å². The summed E-state index contributed by atoms with van der Waals surface area (Å²) in [5, 5.41) is 0. The van der Waals surface area contributed by atoms with Crippen molar-refractivity contribution in [1.82, 2.24) is 0 Å². The number of hydrogen-bond donors (Lipinski definition) is 3. The number of rotatable bonds is 3. The first kappa shape index (κ1) is 8.78. The van der Waals surface area contributed by atoms with Crippen LogP contribution in [-0.2, 0) is 9.36 Å². The minimum absolute atomic E-state index is 0.314. The maximum Gasteiger partial charge on any atom is 0.332 e. The third-order valence-corrected chi connectivity index (χ3v) is 1.37. The topological polar surface area (TPSA) is 101 Å². The van der Waals surface area contributed by atoms with Gasteiger partial charge in [-0.3, -0.25) is 9.36 Å². The van der Waals surface area contributed by atoms with E-state index in [0.717, 1.165) is 0 Å². The van der Waals surface area contributed by atoms with Gasteiger partial charge >= 0.3 is 7.60 Å². The van der Waals surface area contributed by atoms with E-state index >= 15 is 0 Å². The summed E-state index contributed by atoms with van der Waals surface area (Å²) in [4.78, 5) is 26.5. The van der Waals surface area contributed by atoms with Crippen molar-refractivity contribution >= 4 is 13.4 Å². The molecule has 0 bridgehead atoms. The molecule has 9 heavy (non-hydrogen) atoms. The number of Topliss-reactive ketones (excluding diaryl/α,β-unsaturated/α-hetero) is 1. The van der Waals surface area contributed by atoms with Crippen molar-refractivity contribution in [3.63, 3.8) is 0 Å². The van der Waals surface area contributed by atoms with Gasteiger partial charge in [0, 0.05) is 0 Å². The molecule has 0 spiro atoms. The third-order valence-electron chi connectivity index (χ3n) is 0.610. The quantitative estimate of drug-likeness (QED) is 0.437. The molecular formula is C3H8NO4P. The molecule has 0 unspecified atom stereocenters. The van der Waals surface area contributed by atoms with Crippen LogP contribution in [0.2, 0.25) is 0 Å². The zero-order valence-electron chi connectivity index (χ0n) is 4.65. The molecule has 0 amide bonds. The molecule has 0 aliphatic carbocycles. The summed E-state index contributed by atoms with van der Waals surface area (Å²) >= 11 is 0. The number of nitrogens with two attached hydrogens (primary N) is 1. The summed E-state index contributed by atoms with van der Waals surface area (Å²) in [6.45, 7) is -0.314. The van der Waals surface area contributed by atoms with E-state index in [9.17, 15) is 9.36 Å². The molecule has 0 rings (SSSR count). The van der Waals surface area contributed by atoms with Gasteiger partial charge in [-0.25, -0.2) is 0 Å². The van der Waals surface area contributed by atoms with Gasteiger partial charge in [0.2, 0.25) is 0 Å². The van der Waals surface area contributed by atoms with Crippen LogP contribution < -0.4 is 5.73 Å². The monoisotopic (exact) mass is 153 g/mol. The predicted molar refractivity (Wildman–Crippen MR) is 31.0 cm³/mol. The van der Waals surface area contributed by atoms with Crippen LogP contribution in [0.15, 0.2) is 0 Å². The normalized spacial score (nSPS) is 11.4. The molecule has 0 aromatic rings. The molecule has 5 nitrogen and oxygen atoms in total. The number of hydrogen-bond acceptors (Lipinski definition) is 3. The molecule has 0 aromatic heterocycles. The lowest BCUT2D eigenvalue weighted by atomic mass is 10.5. The fraction of sp³-hybridized carbons (Fsp3) is 0.667. The van der Waals surface area contributed by atoms with Gasteiger partial charge in [0.15, 0.2) is 5.78 Å². The molecule has 0 heterocycles. The van der Waals surface area contributed by atoms with Crippen molar-refractivity contribution in [2.24, 2.45) is 5.73 Å². The Morgan fingerprint density at radius 1 is 1.56 bits per heavy atom. The maximum absolute atomic E-state index is 10.2. The fourth-order valence-corrected chi connectivity index (χ4v) is 0.883. The van der Waals surface area contributed by atoms with Crippen LogP contribution in [0, 0.1) is 0 Å². The first-order valence-corrected chi connectivity index (χ1v) is 4.02. The lowest BCUT2D eigenvalue weighted by Gasteiger charge is -1.98. The fourth-order valence-electron chi connectivity index (χ4n) is 0.294. The van der Waals surface area contributed by atoms with Crippen molar-refractivity contribution < 1.29 is 19.1 Å². The Hall–Kier alpha value is -0.220. The second kappa shape index (κ2) is 3.08. The minimum atomic E-state index is -4.17. The smallest absolute Gasteiger partial charge is 0.324 e. The molecule has 4 N–H and O–H groups in total. The maximum atomic E-state index is 10.2. The second-order valence-corrected chi connectivity index (χ2v) is 3.21. The summed E-state index contributed by atoms with van der Waals surface area (Å²) in [6, 6.07) is 0. The van der Waals surface area contributed by atoms with Crippen molar-refractivity contribution in [2.75, 3.05) is 12.7 Å². The summed E-state index contributed by atoms with van der Waals surface area (Å²) in [5.74, 6) is -0.622. The molecular weight excluding hydrogens is 145 g/mol. The average molecular weight is 153 g/mol. The molecule has 6 heteroatoms. The standard InChI is InChI=1S/C3H8NO4P/c4-1-3(5)2-9(6,7)8/h1-2,4H2,(H2,6,7,8). The Labute approximate surface area is 52.0 Å². The molecule has 0 saturated heterocycles. The molecule has 0 aliphatic heterocycles. The van der Waals surface area contributed by atoms with Crippen LogP contribution in [0.3, 0.4) is 0 Å². The number of ketones is 1. The van der Waals surface area contributed by atoms with Crippen LogP contribution >= 0.6 is 7.60 Å². The van der Waals surface area contributed by atoms with Gasteiger partial charge in [0.05, 0.1) is 6.54 Å². The van der Waals surface area contributed by atoms with E-state index in [1.165, 1.54) is 0 Å². The SMILES string of the molecule is NCC(=O)CP(=O)(O)O. The highest BCUT2D eigenvalue weighted by Crippen LogP contribution is 2.33. The number of carbonyl (C=O) groups excluding carboxylic acids is 1. The molecule has 0 radical (unpaired) electrons. The van der Waals surface area contributed by atoms with Crippen LogP contribution in [0.5, 0.6) is 0 Å². The Morgan fingerprint density at radius 3 is 2.11 bits per heavy atom. The Bertz CT molecular complexity index is 150. The zero-order valence-corrected chi connectivity index (χ0v) is 5.54. The highest BCUT2D eigenvalue weighted by molar-refractivity contribution is 7.52. The summed E-state index contributed by atoms with van der Waals surface area (Å²) in [7, 11) is -4.17. The van der Waals surface area contributed by atoms with E-state index < -0.39 is 19.5 Å². The first-order valence-electron chi connectivity index (χ1n) is 2.22. The van der Waals surface area contributed by atoms with Gasteiger partial charge in [-0.2, -0.15) is 0 Å². The van der Waals surface area contributed by atoms with Gasteiger partial charge in [-0.1, -0.05) is 0 Å². The summed E-state index contributed by atoms with van der Waals surface area (Å²) in [5.41, 5.74) is 4.79. The molecule has 54 valence electrons. The highest BCUT2D eigenvalue weighted by atomic mass is 31.2. The lowest BCUT2D eigenvalue weighted by molar-refractivity contribution is -0.115. The van der Waals surface area contributed by atoms with Crippen LogP contribution in [0.1, 0.15) is 0 Å². The number of carbonyl (C=O) groups is 1. The van der Waals surface area contributed by atoms with E-state index in [1.807, 2.05) is 0 Å². The van der Waals surface area contributed by atoms with E-state index in [2.05, 4.69) is 0 Å².